The number of rotatable bonds is 9. The molecule has 4 aromatic rings. The molecule has 5 rings (SSSR count). The maximum absolute atomic E-state index is 12.6. The highest BCUT2D eigenvalue weighted by atomic mass is 32.2. The number of aromatic nitrogens is 3. The highest BCUT2D eigenvalue weighted by Gasteiger charge is 2.31. The minimum absolute atomic E-state index is 0.300. The van der Waals surface area contributed by atoms with Gasteiger partial charge in [0.05, 0.1) is 5.69 Å². The summed E-state index contributed by atoms with van der Waals surface area (Å²) in [7, 11) is 0. The number of carbonyl (C=O) groups is 1. The highest BCUT2D eigenvalue weighted by molar-refractivity contribution is 8.14. The monoisotopic (exact) mass is 622 g/mol. The number of anilines is 1. The molecule has 1 fully saturated rings. The molecule has 0 radical (unpaired) electrons. The van der Waals surface area contributed by atoms with Gasteiger partial charge in [-0.05, 0) is 73.6 Å². The molecule has 0 aliphatic carbocycles. The number of alkyl halides is 3. The van der Waals surface area contributed by atoms with E-state index in [4.69, 9.17) is 0 Å². The van der Waals surface area contributed by atoms with Gasteiger partial charge in [0, 0.05) is 30.1 Å². The largest absolute Gasteiger partial charge is 0.573 e. The number of amidine groups is 1. The van der Waals surface area contributed by atoms with Crippen molar-refractivity contribution in [2.75, 3.05) is 23.7 Å². The van der Waals surface area contributed by atoms with E-state index in [1.807, 2.05) is 30.3 Å². The molecular formula is C32H33F3N6O2S. The molecule has 0 bridgehead atoms. The summed E-state index contributed by atoms with van der Waals surface area (Å²) in [5, 5.41) is 8.14. The standard InChI is InChI=1S/C32H33F3N6O2S/c1-21(15-16-36-30(42)38-31-40(17-18-44-31)28-22(2)5-4-6-23(28)3)19-24-7-9-25(10-8-24)29-37-20-41(39-29)26-11-13-27(14-12-26)43-32(33,34)35/h4-14,20-21H,15-19H2,1-3H3,(H,36,42)/b38-31-. The van der Waals surface area contributed by atoms with E-state index in [-0.39, 0.29) is 11.8 Å². The number of urea groups is 1. The second-order valence-electron chi connectivity index (χ2n) is 10.7. The smallest absolute Gasteiger partial charge is 0.406 e. The van der Waals surface area contributed by atoms with Crippen molar-refractivity contribution in [2.24, 2.45) is 10.9 Å². The van der Waals surface area contributed by atoms with Gasteiger partial charge in [0.1, 0.15) is 12.1 Å². The molecule has 230 valence electrons. The Labute approximate surface area is 258 Å². The highest BCUT2D eigenvalue weighted by Crippen LogP contribution is 2.31. The predicted molar refractivity (Wildman–Crippen MR) is 168 cm³/mol. The number of ether oxygens (including phenoxy) is 1. The number of para-hydroxylation sites is 1. The first-order valence-electron chi connectivity index (χ1n) is 14.3. The van der Waals surface area contributed by atoms with Crippen molar-refractivity contribution in [3.8, 4) is 22.8 Å². The molecule has 8 nitrogen and oxygen atoms in total. The molecule has 2 amide bonds. The van der Waals surface area contributed by atoms with Gasteiger partial charge in [0.15, 0.2) is 11.0 Å². The van der Waals surface area contributed by atoms with Gasteiger partial charge in [-0.3, -0.25) is 0 Å². The normalized spacial score (nSPS) is 15.0. The molecule has 0 spiro atoms. The Morgan fingerprint density at radius 2 is 1.77 bits per heavy atom. The summed E-state index contributed by atoms with van der Waals surface area (Å²) in [4.78, 5) is 23.5. The van der Waals surface area contributed by atoms with Gasteiger partial charge in [0.2, 0.25) is 0 Å². The Kier molecular flexibility index (Phi) is 9.58. The van der Waals surface area contributed by atoms with Gasteiger partial charge < -0.3 is 15.0 Å². The van der Waals surface area contributed by atoms with Crippen LogP contribution in [-0.4, -0.2) is 51.2 Å². The molecule has 1 aliphatic heterocycles. The second-order valence-corrected chi connectivity index (χ2v) is 11.8. The van der Waals surface area contributed by atoms with E-state index < -0.39 is 6.36 Å². The van der Waals surface area contributed by atoms with Gasteiger partial charge in [0.25, 0.3) is 0 Å². The minimum Gasteiger partial charge on any atom is -0.406 e. The first kappa shape index (κ1) is 31.1. The molecule has 12 heteroatoms. The fourth-order valence-electron chi connectivity index (χ4n) is 5.10. The third kappa shape index (κ3) is 7.98. The number of nitrogens with zero attached hydrogens (tertiary/aromatic N) is 5. The lowest BCUT2D eigenvalue weighted by molar-refractivity contribution is -0.274. The van der Waals surface area contributed by atoms with Gasteiger partial charge in [-0.2, -0.15) is 4.99 Å². The van der Waals surface area contributed by atoms with E-state index in [9.17, 15) is 18.0 Å². The zero-order valence-corrected chi connectivity index (χ0v) is 25.5. The Morgan fingerprint density at radius 1 is 1.07 bits per heavy atom. The summed E-state index contributed by atoms with van der Waals surface area (Å²) < 4.78 is 42.6. The third-order valence-corrected chi connectivity index (χ3v) is 8.18. The van der Waals surface area contributed by atoms with Crippen LogP contribution in [0.2, 0.25) is 0 Å². The van der Waals surface area contributed by atoms with E-state index in [2.05, 4.69) is 62.9 Å². The van der Waals surface area contributed by atoms with Crippen molar-refractivity contribution in [3.63, 3.8) is 0 Å². The van der Waals surface area contributed by atoms with Crippen LogP contribution in [0.4, 0.5) is 23.7 Å². The summed E-state index contributed by atoms with van der Waals surface area (Å²) in [6, 6.07) is 19.2. The number of nitrogens with one attached hydrogen (secondary N) is 1. The minimum atomic E-state index is -4.74. The predicted octanol–water partition coefficient (Wildman–Crippen LogP) is 7.34. The van der Waals surface area contributed by atoms with Crippen LogP contribution in [-0.2, 0) is 6.42 Å². The molecule has 1 saturated heterocycles. The van der Waals surface area contributed by atoms with Gasteiger partial charge >= 0.3 is 12.4 Å². The molecular weight excluding hydrogens is 589 g/mol. The average molecular weight is 623 g/mol. The number of halogens is 3. The summed E-state index contributed by atoms with van der Waals surface area (Å²) in [6.45, 7) is 7.67. The quantitative estimate of drug-likeness (QED) is 0.210. The van der Waals surface area contributed by atoms with Crippen molar-refractivity contribution >= 4 is 28.6 Å². The number of thioether (sulfide) groups is 1. The Balaban J connectivity index is 1.10. The van der Waals surface area contributed by atoms with Crippen LogP contribution in [0, 0.1) is 19.8 Å². The van der Waals surface area contributed by atoms with Crippen molar-refractivity contribution < 1.29 is 22.7 Å². The SMILES string of the molecule is Cc1cccc(C)c1N1CCS/C1=N\C(=O)NCCC(C)Cc1ccc(-c2ncn(-c3ccc(OC(F)(F)F)cc3)n2)cc1. The molecule has 0 saturated carbocycles. The van der Waals surface area contributed by atoms with E-state index >= 15 is 0 Å². The van der Waals surface area contributed by atoms with Crippen LogP contribution in [0.25, 0.3) is 17.1 Å². The molecule has 1 aromatic heterocycles. The summed E-state index contributed by atoms with van der Waals surface area (Å²) in [5.74, 6) is 1.43. The molecule has 1 aliphatic rings. The first-order chi connectivity index (χ1) is 21.1. The van der Waals surface area contributed by atoms with Crippen LogP contribution >= 0.6 is 11.8 Å². The first-order valence-corrected chi connectivity index (χ1v) is 15.2. The van der Waals surface area contributed by atoms with Gasteiger partial charge in [-0.25, -0.2) is 14.5 Å². The number of benzene rings is 3. The van der Waals surface area contributed by atoms with E-state index in [1.54, 1.807) is 11.8 Å². The summed E-state index contributed by atoms with van der Waals surface area (Å²) in [6.07, 6.45) is -1.58. The Bertz CT molecular complexity index is 1600. The molecule has 2 heterocycles. The maximum Gasteiger partial charge on any atom is 0.573 e. The van der Waals surface area contributed by atoms with Crippen molar-refractivity contribution in [2.45, 2.75) is 40.0 Å². The molecule has 1 unspecified atom stereocenters. The molecule has 1 atom stereocenters. The molecule has 1 N–H and O–H groups in total. The van der Waals surface area contributed by atoms with Crippen molar-refractivity contribution in [1.29, 1.82) is 0 Å². The topological polar surface area (TPSA) is 84.6 Å². The van der Waals surface area contributed by atoms with Crippen LogP contribution in [0.15, 0.2) is 78.0 Å². The second kappa shape index (κ2) is 13.5. The third-order valence-electron chi connectivity index (χ3n) is 7.22. The number of aliphatic imine (C=N–C) groups is 1. The fraction of sp³-hybridized carbons (Fsp3) is 0.312. The number of hydrogen-bond donors (Lipinski definition) is 1. The van der Waals surface area contributed by atoms with E-state index in [0.29, 0.717) is 24.0 Å². The number of hydrogen-bond acceptors (Lipinski definition) is 5. The fourth-order valence-corrected chi connectivity index (χ4v) is 6.04. The number of carbonyl (C=O) groups excluding carboxylic acids is 1. The van der Waals surface area contributed by atoms with Gasteiger partial charge in [-0.1, -0.05) is 61.2 Å². The van der Waals surface area contributed by atoms with Crippen molar-refractivity contribution in [1.82, 2.24) is 20.1 Å². The van der Waals surface area contributed by atoms with E-state index in [1.165, 1.54) is 46.4 Å². The Hall–Kier alpha value is -4.32. The van der Waals surface area contributed by atoms with Crippen LogP contribution in [0.3, 0.4) is 0 Å². The average Bonchev–Trinajstić information content (AvgIpc) is 3.63. The number of aryl methyl sites for hydroxylation is 2. The Morgan fingerprint density at radius 3 is 2.45 bits per heavy atom. The zero-order valence-electron chi connectivity index (χ0n) is 24.6. The maximum atomic E-state index is 12.6. The molecule has 44 heavy (non-hydrogen) atoms. The zero-order chi connectivity index (χ0) is 31.3. The van der Waals surface area contributed by atoms with Crippen LogP contribution < -0.4 is 15.0 Å². The van der Waals surface area contributed by atoms with Crippen molar-refractivity contribution in [3.05, 3.63) is 89.7 Å². The number of amides is 2. The lowest BCUT2D eigenvalue weighted by Crippen LogP contribution is -2.29. The van der Waals surface area contributed by atoms with Crippen LogP contribution in [0.1, 0.15) is 30.0 Å². The summed E-state index contributed by atoms with van der Waals surface area (Å²) >= 11 is 1.60. The lowest BCUT2D eigenvalue weighted by atomic mass is 9.97. The van der Waals surface area contributed by atoms with Crippen LogP contribution in [0.5, 0.6) is 5.75 Å². The lowest BCUT2D eigenvalue weighted by Gasteiger charge is -2.22. The van der Waals surface area contributed by atoms with E-state index in [0.717, 1.165) is 47.1 Å². The summed E-state index contributed by atoms with van der Waals surface area (Å²) in [5.41, 5.74) is 5.99. The molecule has 3 aromatic carbocycles. The van der Waals surface area contributed by atoms with Gasteiger partial charge in [-0.15, -0.1) is 18.3 Å².